The van der Waals surface area contributed by atoms with E-state index in [-0.39, 0.29) is 11.7 Å². The first-order chi connectivity index (χ1) is 19.5. The monoisotopic (exact) mass is 573 g/mol. The van der Waals surface area contributed by atoms with Crippen molar-refractivity contribution in [3.8, 4) is 22.7 Å². The van der Waals surface area contributed by atoms with Crippen LogP contribution in [0.2, 0.25) is 0 Å². The maximum atomic E-state index is 13.2. The van der Waals surface area contributed by atoms with Gasteiger partial charge >= 0.3 is 0 Å². The molecule has 1 aliphatic rings. The smallest absolute Gasteiger partial charge is 0.266 e. The lowest BCUT2D eigenvalue weighted by Gasteiger charge is -2.13. The molecule has 6 nitrogen and oxygen atoms in total. The van der Waals surface area contributed by atoms with Gasteiger partial charge in [0.15, 0.2) is 0 Å². The average Bonchev–Trinajstić information content (AvgIpc) is 3.52. The second-order valence-corrected chi connectivity index (χ2v) is 10.7. The van der Waals surface area contributed by atoms with Crippen LogP contribution in [0, 0.1) is 5.82 Å². The Morgan fingerprint density at radius 2 is 1.77 bits per heavy atom. The highest BCUT2D eigenvalue weighted by atomic mass is 32.2. The molecule has 1 amide bonds. The molecule has 1 fully saturated rings. The van der Waals surface area contributed by atoms with E-state index < -0.39 is 0 Å². The van der Waals surface area contributed by atoms with Gasteiger partial charge in [-0.25, -0.2) is 9.07 Å². The highest BCUT2D eigenvalue weighted by molar-refractivity contribution is 8.26. The van der Waals surface area contributed by atoms with Gasteiger partial charge in [0.05, 0.1) is 16.3 Å². The summed E-state index contributed by atoms with van der Waals surface area (Å²) < 4.78 is 26.8. The second-order valence-electron chi connectivity index (χ2n) is 9.04. The Balaban J connectivity index is 1.39. The summed E-state index contributed by atoms with van der Waals surface area (Å²) in [6.07, 6.45) is 4.51. The number of rotatable bonds is 11. The number of nitrogens with zero attached hydrogens (tertiary/aromatic N) is 3. The average molecular weight is 574 g/mol. The Bertz CT molecular complexity index is 1500. The largest absolute Gasteiger partial charge is 0.489 e. The van der Waals surface area contributed by atoms with Gasteiger partial charge in [0.2, 0.25) is 0 Å². The van der Waals surface area contributed by atoms with E-state index in [0.717, 1.165) is 34.5 Å². The van der Waals surface area contributed by atoms with E-state index in [0.29, 0.717) is 41.3 Å². The van der Waals surface area contributed by atoms with Crippen LogP contribution in [-0.2, 0) is 16.1 Å². The number of benzene rings is 3. The normalized spacial score (nSPS) is 14.3. The number of thioether (sulfide) groups is 1. The number of aromatic nitrogens is 2. The van der Waals surface area contributed by atoms with Gasteiger partial charge in [-0.3, -0.25) is 9.69 Å². The molecule has 4 aromatic rings. The van der Waals surface area contributed by atoms with Crippen molar-refractivity contribution in [2.45, 2.75) is 20.0 Å². The van der Waals surface area contributed by atoms with Crippen molar-refractivity contribution < 1.29 is 18.7 Å². The topological polar surface area (TPSA) is 56.6 Å². The van der Waals surface area contributed by atoms with Crippen LogP contribution < -0.4 is 4.74 Å². The molecule has 3 aromatic carbocycles. The molecular formula is C31H28FN3O3S2. The van der Waals surface area contributed by atoms with Crippen molar-refractivity contribution in [3.05, 3.63) is 107 Å². The highest BCUT2D eigenvalue weighted by Crippen LogP contribution is 2.35. The van der Waals surface area contributed by atoms with Crippen LogP contribution in [0.1, 0.15) is 24.5 Å². The maximum absolute atomic E-state index is 13.2. The van der Waals surface area contributed by atoms with Crippen LogP contribution in [0.4, 0.5) is 4.39 Å². The number of carbonyl (C=O) groups is 1. The van der Waals surface area contributed by atoms with Crippen molar-refractivity contribution in [1.29, 1.82) is 0 Å². The van der Waals surface area contributed by atoms with Crippen LogP contribution in [0.3, 0.4) is 0 Å². The Morgan fingerprint density at radius 1 is 1.02 bits per heavy atom. The van der Waals surface area contributed by atoms with Crippen LogP contribution in [0.15, 0.2) is 90.0 Å². The second kappa shape index (κ2) is 13.0. The Hall–Kier alpha value is -3.79. The molecule has 0 aliphatic carbocycles. The molecule has 0 atom stereocenters. The summed E-state index contributed by atoms with van der Waals surface area (Å²) in [4.78, 5) is 15.4. The Morgan fingerprint density at radius 3 is 2.50 bits per heavy atom. The number of carbonyl (C=O) groups excluding carboxylic acids is 1. The summed E-state index contributed by atoms with van der Waals surface area (Å²) in [5.74, 6) is 0.308. The first-order valence-corrected chi connectivity index (χ1v) is 14.2. The zero-order valence-electron chi connectivity index (χ0n) is 22.0. The number of amides is 1. The number of ether oxygens (including phenoxy) is 2. The molecule has 0 bridgehead atoms. The minimum absolute atomic E-state index is 0.102. The molecule has 5 rings (SSSR count). The van der Waals surface area contributed by atoms with Gasteiger partial charge in [0.1, 0.15) is 22.5 Å². The zero-order valence-corrected chi connectivity index (χ0v) is 23.6. The molecule has 40 heavy (non-hydrogen) atoms. The summed E-state index contributed by atoms with van der Waals surface area (Å²) in [7, 11) is 0. The van der Waals surface area contributed by atoms with Gasteiger partial charge in [0, 0.05) is 37.1 Å². The third-order valence-electron chi connectivity index (χ3n) is 6.24. The van der Waals surface area contributed by atoms with E-state index >= 15 is 0 Å². The lowest BCUT2D eigenvalue weighted by atomic mass is 10.1. The quantitative estimate of drug-likeness (QED) is 0.111. The molecule has 1 aromatic heterocycles. The Kier molecular flexibility index (Phi) is 9.05. The summed E-state index contributed by atoms with van der Waals surface area (Å²) in [6.45, 7) is 4.04. The van der Waals surface area contributed by atoms with Crippen molar-refractivity contribution >= 4 is 40.3 Å². The number of hydrogen-bond acceptors (Lipinski definition) is 6. The zero-order chi connectivity index (χ0) is 27.9. The van der Waals surface area contributed by atoms with E-state index in [4.69, 9.17) is 26.8 Å². The number of halogens is 1. The molecule has 0 unspecified atom stereocenters. The molecule has 9 heteroatoms. The molecular weight excluding hydrogens is 545 g/mol. The molecule has 0 radical (unpaired) electrons. The van der Waals surface area contributed by atoms with Gasteiger partial charge in [0.25, 0.3) is 5.91 Å². The summed E-state index contributed by atoms with van der Waals surface area (Å²) in [5, 5.41) is 4.87. The molecule has 1 aliphatic heterocycles. The Labute approximate surface area is 242 Å². The minimum atomic E-state index is -0.275. The first kappa shape index (κ1) is 27.8. The first-order valence-electron chi connectivity index (χ1n) is 13.0. The third-order valence-corrected chi connectivity index (χ3v) is 7.62. The van der Waals surface area contributed by atoms with Gasteiger partial charge in [-0.2, -0.15) is 5.10 Å². The number of para-hydroxylation sites is 1. The van der Waals surface area contributed by atoms with Crippen molar-refractivity contribution in [2.24, 2.45) is 0 Å². The fraction of sp³-hybridized carbons (Fsp3) is 0.194. The maximum Gasteiger partial charge on any atom is 0.266 e. The fourth-order valence-electron chi connectivity index (χ4n) is 4.19. The van der Waals surface area contributed by atoms with Gasteiger partial charge < -0.3 is 9.47 Å². The predicted molar refractivity (Wildman–Crippen MR) is 161 cm³/mol. The lowest BCUT2D eigenvalue weighted by molar-refractivity contribution is -0.122. The number of thiocarbonyl (C=S) groups is 1. The fourth-order valence-corrected chi connectivity index (χ4v) is 5.49. The van der Waals surface area contributed by atoms with Crippen LogP contribution in [-0.4, -0.2) is 44.7 Å². The molecule has 0 N–H and O–H groups in total. The lowest BCUT2D eigenvalue weighted by Crippen LogP contribution is -2.29. The van der Waals surface area contributed by atoms with Crippen LogP contribution in [0.25, 0.3) is 23.0 Å². The predicted octanol–water partition coefficient (Wildman–Crippen LogP) is 6.89. The standard InChI is InChI=1S/C31H28FN3O3S2/c1-2-37-18-6-17-34-30(36)28(40-31(34)39)19-24-20-35(26-7-4-3-5-8-26)33-29(24)23-11-15-27(16-12-23)38-21-22-9-13-25(32)14-10-22/h3-5,7-16,19-20H,2,6,17-18,21H2,1H3. The highest BCUT2D eigenvalue weighted by Gasteiger charge is 2.32. The van der Waals surface area contributed by atoms with Gasteiger partial charge in [-0.05, 0) is 73.5 Å². The van der Waals surface area contributed by atoms with E-state index in [9.17, 15) is 9.18 Å². The van der Waals surface area contributed by atoms with E-state index in [2.05, 4.69) is 0 Å². The molecule has 1 saturated heterocycles. The SMILES string of the molecule is CCOCCCN1C(=O)C(=Cc2cn(-c3ccccc3)nc2-c2ccc(OCc3ccc(F)cc3)cc2)SC1=S. The van der Waals surface area contributed by atoms with Crippen molar-refractivity contribution in [2.75, 3.05) is 19.8 Å². The number of hydrogen-bond donors (Lipinski definition) is 0. The molecule has 0 spiro atoms. The third kappa shape index (κ3) is 6.67. The minimum Gasteiger partial charge on any atom is -0.489 e. The van der Waals surface area contributed by atoms with Gasteiger partial charge in [-0.15, -0.1) is 0 Å². The summed E-state index contributed by atoms with van der Waals surface area (Å²) in [5.41, 5.74) is 4.20. The molecule has 2 heterocycles. The van der Waals surface area contributed by atoms with E-state index in [1.54, 1.807) is 17.0 Å². The van der Waals surface area contributed by atoms with Crippen LogP contribution >= 0.6 is 24.0 Å². The summed E-state index contributed by atoms with van der Waals surface area (Å²) in [6, 6.07) is 23.7. The van der Waals surface area contributed by atoms with Crippen LogP contribution in [0.5, 0.6) is 5.75 Å². The van der Waals surface area contributed by atoms with Crippen molar-refractivity contribution in [1.82, 2.24) is 14.7 Å². The van der Waals surface area contributed by atoms with Crippen molar-refractivity contribution in [3.63, 3.8) is 0 Å². The molecule has 204 valence electrons. The summed E-state index contributed by atoms with van der Waals surface area (Å²) >= 11 is 6.82. The van der Waals surface area contributed by atoms with E-state index in [1.165, 1.54) is 23.9 Å². The van der Waals surface area contributed by atoms with Gasteiger partial charge in [-0.1, -0.05) is 54.3 Å². The molecule has 0 saturated carbocycles. The van der Waals surface area contributed by atoms with E-state index in [1.807, 2.05) is 78.5 Å².